The zero-order valence-corrected chi connectivity index (χ0v) is 22.8. The highest BCUT2D eigenvalue weighted by Crippen LogP contribution is 2.42. The second kappa shape index (κ2) is 11.9. The van der Waals surface area contributed by atoms with E-state index in [9.17, 15) is 14.7 Å². The predicted octanol–water partition coefficient (Wildman–Crippen LogP) is 4.90. The van der Waals surface area contributed by atoms with Crippen LogP contribution in [0, 0.1) is 5.92 Å². The first-order chi connectivity index (χ1) is 18.2. The smallest absolute Gasteiger partial charge is 0.295 e. The number of ketones is 1. The second-order valence-electron chi connectivity index (χ2n) is 10.1. The van der Waals surface area contributed by atoms with Crippen molar-refractivity contribution in [2.45, 2.75) is 52.7 Å². The summed E-state index contributed by atoms with van der Waals surface area (Å²) >= 11 is 0. The Morgan fingerprint density at radius 3 is 2.61 bits per heavy atom. The van der Waals surface area contributed by atoms with E-state index >= 15 is 0 Å². The summed E-state index contributed by atoms with van der Waals surface area (Å²) in [6, 6.07) is 9.92. The van der Waals surface area contributed by atoms with Crippen LogP contribution in [0.3, 0.4) is 0 Å². The first kappa shape index (κ1) is 27.5. The number of fused-ring (bicyclic) bond motifs is 1. The van der Waals surface area contributed by atoms with Crippen molar-refractivity contribution < 1.29 is 33.6 Å². The third kappa shape index (κ3) is 5.65. The molecule has 0 bridgehead atoms. The average Bonchev–Trinajstić information content (AvgIpc) is 3.38. The van der Waals surface area contributed by atoms with Gasteiger partial charge in [0.1, 0.15) is 17.6 Å². The zero-order chi connectivity index (χ0) is 27.4. The van der Waals surface area contributed by atoms with Crippen molar-refractivity contribution in [1.29, 1.82) is 0 Å². The lowest BCUT2D eigenvalue weighted by Gasteiger charge is -2.26. The van der Waals surface area contributed by atoms with Gasteiger partial charge in [-0.05, 0) is 67.6 Å². The Morgan fingerprint density at radius 1 is 1.11 bits per heavy atom. The van der Waals surface area contributed by atoms with E-state index in [1.807, 2.05) is 26.0 Å². The maximum Gasteiger partial charge on any atom is 0.295 e. The lowest BCUT2D eigenvalue weighted by molar-refractivity contribution is -0.140. The molecular formula is C30H37NO7. The van der Waals surface area contributed by atoms with E-state index in [4.69, 9.17) is 18.9 Å². The Kier molecular flexibility index (Phi) is 8.62. The maximum atomic E-state index is 13.3. The van der Waals surface area contributed by atoms with Crippen molar-refractivity contribution in [3.8, 4) is 17.2 Å². The Bertz CT molecular complexity index is 1220. The van der Waals surface area contributed by atoms with Gasteiger partial charge in [-0.1, -0.05) is 19.9 Å². The Labute approximate surface area is 224 Å². The van der Waals surface area contributed by atoms with Crippen LogP contribution in [0.5, 0.6) is 17.2 Å². The summed E-state index contributed by atoms with van der Waals surface area (Å²) in [4.78, 5) is 27.9. The number of carbonyl (C=O) groups excluding carboxylic acids is 2. The molecule has 0 radical (unpaired) electrons. The van der Waals surface area contributed by atoms with Gasteiger partial charge in [-0.15, -0.1) is 0 Å². The van der Waals surface area contributed by atoms with Gasteiger partial charge in [0.15, 0.2) is 11.5 Å². The minimum Gasteiger partial charge on any atom is -0.507 e. The molecule has 38 heavy (non-hydrogen) atoms. The number of Topliss-reactive ketones (excluding diaryl/α,β-unsaturated/α-hetero) is 1. The molecule has 0 aromatic heterocycles. The van der Waals surface area contributed by atoms with E-state index in [-0.39, 0.29) is 30.6 Å². The molecule has 2 aromatic carbocycles. The van der Waals surface area contributed by atoms with E-state index in [0.717, 1.165) is 17.7 Å². The SMILES string of the molecule is CCOc1cc([C@@H]2/C(=C(\O)c3ccc4c(c3)C[C@@H](C)O4)C(=O)C(=O)N2CCOC)ccc1OCCC(C)C. The van der Waals surface area contributed by atoms with Gasteiger partial charge < -0.3 is 29.0 Å². The van der Waals surface area contributed by atoms with Gasteiger partial charge in [0.05, 0.1) is 31.4 Å². The normalized spacial score (nSPS) is 20.1. The molecule has 204 valence electrons. The number of aliphatic hydroxyl groups is 1. The fourth-order valence-corrected chi connectivity index (χ4v) is 4.86. The topological polar surface area (TPSA) is 94.5 Å². The molecule has 1 amide bonds. The van der Waals surface area contributed by atoms with Crippen LogP contribution < -0.4 is 14.2 Å². The minimum atomic E-state index is -0.808. The van der Waals surface area contributed by atoms with Gasteiger partial charge in [-0.2, -0.15) is 0 Å². The van der Waals surface area contributed by atoms with Crippen LogP contribution in [0.4, 0.5) is 0 Å². The Hall–Kier alpha value is -3.52. The summed E-state index contributed by atoms with van der Waals surface area (Å²) in [5.74, 6) is 0.754. The molecule has 8 nitrogen and oxygen atoms in total. The number of likely N-dealkylation sites (tertiary alicyclic amines) is 1. The summed E-state index contributed by atoms with van der Waals surface area (Å²) in [5.41, 5.74) is 2.09. The van der Waals surface area contributed by atoms with Crippen molar-refractivity contribution in [2.75, 3.05) is 33.5 Å². The van der Waals surface area contributed by atoms with Crippen molar-refractivity contribution in [2.24, 2.45) is 5.92 Å². The lowest BCUT2D eigenvalue weighted by Crippen LogP contribution is -2.32. The molecule has 8 heteroatoms. The van der Waals surface area contributed by atoms with Crippen molar-refractivity contribution in [1.82, 2.24) is 4.90 Å². The van der Waals surface area contributed by atoms with Crippen molar-refractivity contribution >= 4 is 17.4 Å². The molecule has 1 N–H and O–H groups in total. The fourth-order valence-electron chi connectivity index (χ4n) is 4.86. The summed E-state index contributed by atoms with van der Waals surface area (Å²) in [7, 11) is 1.54. The van der Waals surface area contributed by atoms with Gasteiger partial charge in [0, 0.05) is 25.6 Å². The first-order valence-electron chi connectivity index (χ1n) is 13.2. The highest BCUT2D eigenvalue weighted by Gasteiger charge is 2.46. The van der Waals surface area contributed by atoms with E-state index in [1.54, 1.807) is 24.3 Å². The number of hydrogen-bond donors (Lipinski definition) is 1. The van der Waals surface area contributed by atoms with Gasteiger partial charge in [0.25, 0.3) is 11.7 Å². The summed E-state index contributed by atoms with van der Waals surface area (Å²) in [6.07, 6.45) is 1.65. The largest absolute Gasteiger partial charge is 0.507 e. The number of benzene rings is 2. The van der Waals surface area contributed by atoms with Gasteiger partial charge in [0.2, 0.25) is 0 Å². The number of carbonyl (C=O) groups is 2. The third-order valence-corrected chi connectivity index (χ3v) is 6.78. The molecule has 4 rings (SSSR count). The van der Waals surface area contributed by atoms with Gasteiger partial charge in [-0.3, -0.25) is 9.59 Å². The first-order valence-corrected chi connectivity index (χ1v) is 13.2. The molecule has 0 spiro atoms. The number of amides is 1. The van der Waals surface area contributed by atoms with Gasteiger partial charge in [-0.25, -0.2) is 0 Å². The standard InChI is InChI=1S/C30H37NO7/c1-6-36-25-17-20(7-10-24(25)37-13-11-18(2)3)27-26(29(33)30(34)31(27)12-14-35-5)28(32)21-8-9-23-22(16-21)15-19(4)38-23/h7-10,16-19,27,32H,6,11-15H2,1-5H3/b28-26+/t19-,27-/m1/s1. The molecule has 0 aliphatic carbocycles. The summed E-state index contributed by atoms with van der Waals surface area (Å²) in [5, 5.41) is 11.4. The van der Waals surface area contributed by atoms with Crippen LogP contribution in [0.1, 0.15) is 56.8 Å². The molecule has 0 unspecified atom stereocenters. The Balaban J connectivity index is 1.78. The van der Waals surface area contributed by atoms with Crippen LogP contribution >= 0.6 is 0 Å². The number of nitrogens with zero attached hydrogens (tertiary/aromatic N) is 1. The summed E-state index contributed by atoms with van der Waals surface area (Å²) < 4.78 is 22.8. The molecule has 2 aliphatic rings. The lowest BCUT2D eigenvalue weighted by atomic mass is 9.94. The van der Waals surface area contributed by atoms with Gasteiger partial charge >= 0.3 is 0 Å². The van der Waals surface area contributed by atoms with Crippen LogP contribution in [0.2, 0.25) is 0 Å². The number of rotatable bonds is 11. The number of aliphatic hydroxyl groups excluding tert-OH is 1. The van der Waals surface area contributed by atoms with E-state index in [2.05, 4.69) is 13.8 Å². The van der Waals surface area contributed by atoms with E-state index < -0.39 is 17.7 Å². The number of hydrogen-bond acceptors (Lipinski definition) is 7. The van der Waals surface area contributed by atoms with Crippen LogP contribution in [0.15, 0.2) is 42.0 Å². The average molecular weight is 524 g/mol. The number of methoxy groups -OCH3 is 1. The van der Waals surface area contributed by atoms with Crippen molar-refractivity contribution in [3.05, 3.63) is 58.7 Å². The summed E-state index contributed by atoms with van der Waals surface area (Å²) in [6.45, 7) is 9.52. The second-order valence-corrected chi connectivity index (χ2v) is 10.1. The van der Waals surface area contributed by atoms with E-state index in [0.29, 0.717) is 48.2 Å². The molecule has 2 aliphatic heterocycles. The predicted molar refractivity (Wildman–Crippen MR) is 144 cm³/mol. The highest BCUT2D eigenvalue weighted by atomic mass is 16.5. The van der Waals surface area contributed by atoms with E-state index in [1.165, 1.54) is 12.0 Å². The van der Waals surface area contributed by atoms with Crippen LogP contribution in [-0.2, 0) is 20.7 Å². The molecule has 1 fully saturated rings. The van der Waals surface area contributed by atoms with Crippen LogP contribution in [-0.4, -0.2) is 61.3 Å². The maximum absolute atomic E-state index is 13.3. The van der Waals surface area contributed by atoms with Crippen LogP contribution in [0.25, 0.3) is 5.76 Å². The zero-order valence-electron chi connectivity index (χ0n) is 22.8. The third-order valence-electron chi connectivity index (χ3n) is 6.78. The quantitative estimate of drug-likeness (QED) is 0.254. The number of ether oxygens (including phenoxy) is 4. The van der Waals surface area contributed by atoms with Crippen molar-refractivity contribution in [3.63, 3.8) is 0 Å². The monoisotopic (exact) mass is 523 g/mol. The molecule has 2 aromatic rings. The molecule has 0 saturated carbocycles. The molecule has 2 atom stereocenters. The Morgan fingerprint density at radius 2 is 1.89 bits per heavy atom. The highest BCUT2D eigenvalue weighted by molar-refractivity contribution is 6.46. The minimum absolute atomic E-state index is 0.0361. The molecular weight excluding hydrogens is 486 g/mol. The fraction of sp³-hybridized carbons (Fsp3) is 0.467. The molecule has 2 heterocycles. The molecule has 1 saturated heterocycles.